The van der Waals surface area contributed by atoms with E-state index in [1.165, 1.54) is 0 Å². The topological polar surface area (TPSA) is 68.5 Å². The first-order chi connectivity index (χ1) is 9.19. The maximum absolute atomic E-state index is 4.53. The molecule has 0 spiro atoms. The lowest BCUT2D eigenvalue weighted by molar-refractivity contribution is 0.759. The molecule has 2 aromatic heterocycles. The minimum Gasteiger partial charge on any atom is -0.354 e. The summed E-state index contributed by atoms with van der Waals surface area (Å²) in [6, 6.07) is 0. The quantitative estimate of drug-likeness (QED) is 0.889. The molecule has 102 valence electrons. The van der Waals surface area contributed by atoms with E-state index in [4.69, 9.17) is 0 Å². The molecule has 0 aliphatic carbocycles. The largest absolute Gasteiger partial charge is 0.354 e. The van der Waals surface area contributed by atoms with E-state index in [0.717, 1.165) is 42.4 Å². The summed E-state index contributed by atoms with van der Waals surface area (Å²) in [4.78, 5) is 13.3. The van der Waals surface area contributed by atoms with Gasteiger partial charge in [-0.25, -0.2) is 9.97 Å². The lowest BCUT2D eigenvalue weighted by Crippen LogP contribution is -2.10. The van der Waals surface area contributed by atoms with Crippen LogP contribution in [0.1, 0.15) is 38.0 Å². The van der Waals surface area contributed by atoms with Gasteiger partial charge in [-0.05, 0) is 13.8 Å². The summed E-state index contributed by atoms with van der Waals surface area (Å²) >= 11 is 0. The number of anilines is 1. The monoisotopic (exact) mass is 260 g/mol. The predicted molar refractivity (Wildman–Crippen MR) is 74.6 cm³/mol. The second-order valence-corrected chi connectivity index (χ2v) is 4.29. The van der Waals surface area contributed by atoms with Crippen LogP contribution in [0.25, 0.3) is 5.82 Å². The Balaban J connectivity index is 2.50. The van der Waals surface area contributed by atoms with E-state index in [9.17, 15) is 0 Å². The maximum atomic E-state index is 4.53. The molecule has 0 aliphatic rings. The van der Waals surface area contributed by atoms with Crippen molar-refractivity contribution in [2.45, 2.75) is 40.5 Å². The zero-order chi connectivity index (χ0) is 13.8. The number of rotatable bonds is 5. The minimum absolute atomic E-state index is 0.624. The number of hydrogen-bond donors (Lipinski definition) is 1. The van der Waals surface area contributed by atoms with Crippen molar-refractivity contribution in [3.63, 3.8) is 0 Å². The van der Waals surface area contributed by atoms with E-state index >= 15 is 0 Å². The molecule has 0 aliphatic heterocycles. The first kappa shape index (κ1) is 13.5. The molecular formula is C13H20N6. The third-order valence-corrected chi connectivity index (χ3v) is 2.83. The van der Waals surface area contributed by atoms with Crippen LogP contribution in [-0.2, 0) is 12.8 Å². The van der Waals surface area contributed by atoms with Gasteiger partial charge >= 0.3 is 0 Å². The average Bonchev–Trinajstić information content (AvgIpc) is 2.84. The minimum atomic E-state index is 0.624. The summed E-state index contributed by atoms with van der Waals surface area (Å²) in [7, 11) is 0. The first-order valence-electron chi connectivity index (χ1n) is 6.72. The molecule has 0 saturated heterocycles. The summed E-state index contributed by atoms with van der Waals surface area (Å²) in [5.74, 6) is 3.20. The third-order valence-electron chi connectivity index (χ3n) is 2.83. The van der Waals surface area contributed by atoms with Gasteiger partial charge < -0.3 is 5.32 Å². The molecule has 0 unspecified atom stereocenters. The molecule has 0 saturated carbocycles. The Hall–Kier alpha value is -1.98. The van der Waals surface area contributed by atoms with Crippen LogP contribution in [0.2, 0.25) is 0 Å². The van der Waals surface area contributed by atoms with E-state index < -0.39 is 0 Å². The van der Waals surface area contributed by atoms with Gasteiger partial charge in [0, 0.05) is 31.1 Å². The molecule has 0 atom stereocenters. The molecule has 0 fully saturated rings. The summed E-state index contributed by atoms with van der Waals surface area (Å²) in [5.41, 5.74) is 0.990. The standard InChI is InChI=1S/C13H20N6/c1-5-10-16-11(6-2)19(18-10)12-9(4)8-15-13(17-12)14-7-3/h8H,5-7H2,1-4H3,(H,14,15,17). The molecule has 2 aromatic rings. The Morgan fingerprint density at radius 2 is 1.95 bits per heavy atom. The van der Waals surface area contributed by atoms with Gasteiger partial charge in [-0.3, -0.25) is 0 Å². The fourth-order valence-corrected chi connectivity index (χ4v) is 1.83. The van der Waals surface area contributed by atoms with E-state index in [-0.39, 0.29) is 0 Å². The molecule has 0 bridgehead atoms. The lowest BCUT2D eigenvalue weighted by atomic mass is 10.3. The highest BCUT2D eigenvalue weighted by Crippen LogP contribution is 2.14. The normalized spacial score (nSPS) is 10.7. The molecule has 6 heteroatoms. The molecular weight excluding hydrogens is 240 g/mol. The highest BCUT2D eigenvalue weighted by Gasteiger charge is 2.13. The zero-order valence-corrected chi connectivity index (χ0v) is 11.9. The van der Waals surface area contributed by atoms with Gasteiger partial charge in [0.25, 0.3) is 0 Å². The second kappa shape index (κ2) is 5.77. The van der Waals surface area contributed by atoms with E-state index in [1.54, 1.807) is 0 Å². The Bertz CT molecular complexity index is 560. The van der Waals surface area contributed by atoms with Crippen LogP contribution in [0.5, 0.6) is 0 Å². The van der Waals surface area contributed by atoms with Gasteiger partial charge in [0.1, 0.15) is 5.82 Å². The van der Waals surface area contributed by atoms with Crippen LogP contribution in [0.4, 0.5) is 5.95 Å². The van der Waals surface area contributed by atoms with Crippen LogP contribution in [0.15, 0.2) is 6.20 Å². The Morgan fingerprint density at radius 3 is 2.58 bits per heavy atom. The van der Waals surface area contributed by atoms with E-state index in [2.05, 4.69) is 39.2 Å². The van der Waals surface area contributed by atoms with Crippen molar-refractivity contribution in [3.8, 4) is 5.82 Å². The van der Waals surface area contributed by atoms with Crippen molar-refractivity contribution >= 4 is 5.95 Å². The molecule has 0 aromatic carbocycles. The van der Waals surface area contributed by atoms with Crippen molar-refractivity contribution in [2.24, 2.45) is 0 Å². The van der Waals surface area contributed by atoms with Gasteiger partial charge in [-0.15, -0.1) is 5.10 Å². The van der Waals surface area contributed by atoms with Crippen LogP contribution in [0, 0.1) is 6.92 Å². The molecule has 0 radical (unpaired) electrons. The molecule has 19 heavy (non-hydrogen) atoms. The van der Waals surface area contributed by atoms with Crippen molar-refractivity contribution in [1.29, 1.82) is 0 Å². The highest BCUT2D eigenvalue weighted by atomic mass is 15.4. The van der Waals surface area contributed by atoms with E-state index in [0.29, 0.717) is 5.95 Å². The van der Waals surface area contributed by atoms with Gasteiger partial charge in [-0.1, -0.05) is 13.8 Å². The summed E-state index contributed by atoms with van der Waals surface area (Å²) in [6.07, 6.45) is 3.46. The summed E-state index contributed by atoms with van der Waals surface area (Å²) in [6.45, 7) is 8.92. The predicted octanol–water partition coefficient (Wildman–Crippen LogP) is 1.92. The van der Waals surface area contributed by atoms with Gasteiger partial charge in [0.2, 0.25) is 5.95 Å². The number of aryl methyl sites for hydroxylation is 3. The Kier molecular flexibility index (Phi) is 4.09. The molecule has 6 nitrogen and oxygen atoms in total. The number of nitrogens with one attached hydrogen (secondary N) is 1. The van der Waals surface area contributed by atoms with Crippen LogP contribution < -0.4 is 5.32 Å². The average molecular weight is 260 g/mol. The van der Waals surface area contributed by atoms with E-state index in [1.807, 2.05) is 24.7 Å². The highest BCUT2D eigenvalue weighted by molar-refractivity contribution is 5.38. The van der Waals surface area contributed by atoms with Crippen molar-refractivity contribution in [1.82, 2.24) is 24.7 Å². The first-order valence-corrected chi connectivity index (χ1v) is 6.72. The second-order valence-electron chi connectivity index (χ2n) is 4.29. The summed E-state index contributed by atoms with van der Waals surface area (Å²) < 4.78 is 1.83. The fraction of sp³-hybridized carbons (Fsp3) is 0.538. The van der Waals surface area contributed by atoms with Gasteiger partial charge in [-0.2, -0.15) is 9.67 Å². The Morgan fingerprint density at radius 1 is 1.16 bits per heavy atom. The summed E-state index contributed by atoms with van der Waals surface area (Å²) in [5, 5.41) is 7.64. The third kappa shape index (κ3) is 2.72. The van der Waals surface area contributed by atoms with Crippen LogP contribution in [-0.4, -0.2) is 31.3 Å². The van der Waals surface area contributed by atoms with Crippen molar-refractivity contribution < 1.29 is 0 Å². The van der Waals surface area contributed by atoms with Gasteiger partial charge in [0.05, 0.1) is 0 Å². The lowest BCUT2D eigenvalue weighted by Gasteiger charge is -2.09. The van der Waals surface area contributed by atoms with Crippen molar-refractivity contribution in [2.75, 3.05) is 11.9 Å². The molecule has 2 heterocycles. The fourth-order valence-electron chi connectivity index (χ4n) is 1.83. The van der Waals surface area contributed by atoms with Crippen LogP contribution in [0.3, 0.4) is 0 Å². The SMILES string of the molecule is CCNc1ncc(C)c(-n2nc(CC)nc2CC)n1. The van der Waals surface area contributed by atoms with Crippen molar-refractivity contribution in [3.05, 3.63) is 23.4 Å². The molecule has 1 N–H and O–H groups in total. The smallest absolute Gasteiger partial charge is 0.224 e. The molecule has 0 amide bonds. The molecule has 2 rings (SSSR count). The van der Waals surface area contributed by atoms with Crippen LogP contribution >= 0.6 is 0 Å². The number of nitrogens with zero attached hydrogens (tertiary/aromatic N) is 5. The number of aromatic nitrogens is 5. The Labute approximate surface area is 113 Å². The zero-order valence-electron chi connectivity index (χ0n) is 11.9. The van der Waals surface area contributed by atoms with Gasteiger partial charge in [0.15, 0.2) is 11.6 Å². The number of hydrogen-bond acceptors (Lipinski definition) is 5. The maximum Gasteiger partial charge on any atom is 0.224 e.